The van der Waals surface area contributed by atoms with E-state index in [0.717, 1.165) is 41.5 Å². The molecule has 0 aliphatic carbocycles. The van der Waals surface area contributed by atoms with Crippen molar-refractivity contribution >= 4 is 22.7 Å². The van der Waals surface area contributed by atoms with Crippen LogP contribution in [0.2, 0.25) is 0 Å². The van der Waals surface area contributed by atoms with Crippen molar-refractivity contribution in [2.45, 2.75) is 19.3 Å². The Hall–Kier alpha value is -3.15. The molecule has 1 fully saturated rings. The zero-order chi connectivity index (χ0) is 18.6. The van der Waals surface area contributed by atoms with Crippen LogP contribution in [0.25, 0.3) is 22.2 Å². The van der Waals surface area contributed by atoms with Gasteiger partial charge in [-0.1, -0.05) is 12.1 Å². The Kier molecular flexibility index (Phi) is 4.87. The topological polar surface area (TPSA) is 78.1 Å². The van der Waals surface area contributed by atoms with E-state index in [1.54, 1.807) is 6.07 Å². The fraction of sp³-hybridized carbons (Fsp3) is 0.286. The van der Waals surface area contributed by atoms with Gasteiger partial charge in [-0.25, -0.2) is 4.98 Å². The number of amides is 2. The summed E-state index contributed by atoms with van der Waals surface area (Å²) in [5.74, 6) is 0.0300. The van der Waals surface area contributed by atoms with E-state index in [0.29, 0.717) is 25.2 Å². The monoisotopic (exact) mass is 362 g/mol. The van der Waals surface area contributed by atoms with Gasteiger partial charge in [-0.15, -0.1) is 0 Å². The van der Waals surface area contributed by atoms with Crippen LogP contribution in [0, 0.1) is 0 Å². The standard InChI is InChI=1S/C21H22N4O2/c26-20-6-2-12-25(20)13-3-10-23-21(27)19-5-1-4-18(24-19)15-7-8-17-16(14-15)9-11-22-17/h1,4-5,7-9,11,14,22H,2-3,6,10,12-13H2,(H,23,27). The summed E-state index contributed by atoms with van der Waals surface area (Å²) in [5.41, 5.74) is 3.22. The molecule has 6 nitrogen and oxygen atoms in total. The Bertz CT molecular complexity index is 979. The van der Waals surface area contributed by atoms with Crippen LogP contribution >= 0.6 is 0 Å². The van der Waals surface area contributed by atoms with Gasteiger partial charge in [0.1, 0.15) is 5.69 Å². The van der Waals surface area contributed by atoms with Crippen LogP contribution in [0.1, 0.15) is 29.8 Å². The quantitative estimate of drug-likeness (QED) is 0.662. The molecular formula is C21H22N4O2. The highest BCUT2D eigenvalue weighted by Gasteiger charge is 2.19. The number of hydrogen-bond donors (Lipinski definition) is 2. The van der Waals surface area contributed by atoms with Crippen molar-refractivity contribution in [1.82, 2.24) is 20.2 Å². The second-order valence-corrected chi connectivity index (χ2v) is 6.78. The molecule has 6 heteroatoms. The number of hydrogen-bond acceptors (Lipinski definition) is 3. The minimum absolute atomic E-state index is 0.188. The summed E-state index contributed by atoms with van der Waals surface area (Å²) in [4.78, 5) is 33.5. The second-order valence-electron chi connectivity index (χ2n) is 6.78. The largest absolute Gasteiger partial charge is 0.361 e. The lowest BCUT2D eigenvalue weighted by molar-refractivity contribution is -0.127. The fourth-order valence-electron chi connectivity index (χ4n) is 3.44. The van der Waals surface area contributed by atoms with Gasteiger partial charge in [-0.05, 0) is 43.2 Å². The predicted molar refractivity (Wildman–Crippen MR) is 104 cm³/mol. The third-order valence-electron chi connectivity index (χ3n) is 4.89. The van der Waals surface area contributed by atoms with Gasteiger partial charge in [0.25, 0.3) is 5.91 Å². The average Bonchev–Trinajstić information content (AvgIpc) is 3.33. The number of nitrogens with one attached hydrogen (secondary N) is 2. The molecule has 0 spiro atoms. The van der Waals surface area contributed by atoms with Gasteiger partial charge in [0, 0.05) is 48.7 Å². The summed E-state index contributed by atoms with van der Waals surface area (Å²) in [7, 11) is 0. The first kappa shape index (κ1) is 17.3. The maximum atomic E-state index is 12.4. The van der Waals surface area contributed by atoms with Crippen molar-refractivity contribution in [3.8, 4) is 11.3 Å². The van der Waals surface area contributed by atoms with E-state index in [2.05, 4.69) is 21.4 Å². The van der Waals surface area contributed by atoms with Crippen molar-refractivity contribution in [1.29, 1.82) is 0 Å². The molecule has 27 heavy (non-hydrogen) atoms. The number of aromatic nitrogens is 2. The van der Waals surface area contributed by atoms with E-state index in [1.807, 2.05) is 41.4 Å². The van der Waals surface area contributed by atoms with Gasteiger partial charge in [-0.3, -0.25) is 9.59 Å². The van der Waals surface area contributed by atoms with E-state index < -0.39 is 0 Å². The summed E-state index contributed by atoms with van der Waals surface area (Å²) < 4.78 is 0. The van der Waals surface area contributed by atoms with Crippen LogP contribution in [0.4, 0.5) is 0 Å². The van der Waals surface area contributed by atoms with Crippen LogP contribution < -0.4 is 5.32 Å². The van der Waals surface area contributed by atoms with Crippen LogP contribution in [-0.2, 0) is 4.79 Å². The Labute approximate surface area is 157 Å². The van der Waals surface area contributed by atoms with Crippen molar-refractivity contribution in [2.24, 2.45) is 0 Å². The first-order valence-corrected chi connectivity index (χ1v) is 9.31. The zero-order valence-corrected chi connectivity index (χ0v) is 15.1. The van der Waals surface area contributed by atoms with Gasteiger partial charge in [-0.2, -0.15) is 0 Å². The predicted octanol–water partition coefficient (Wildman–Crippen LogP) is 2.97. The van der Waals surface area contributed by atoms with Crippen molar-refractivity contribution in [2.75, 3.05) is 19.6 Å². The second kappa shape index (κ2) is 7.61. The highest BCUT2D eigenvalue weighted by atomic mass is 16.2. The molecular weight excluding hydrogens is 340 g/mol. The molecule has 3 aromatic rings. The van der Waals surface area contributed by atoms with E-state index >= 15 is 0 Å². The van der Waals surface area contributed by atoms with Crippen LogP contribution in [0.5, 0.6) is 0 Å². The van der Waals surface area contributed by atoms with Gasteiger partial charge in [0.2, 0.25) is 5.91 Å². The van der Waals surface area contributed by atoms with E-state index in [9.17, 15) is 9.59 Å². The van der Waals surface area contributed by atoms with Crippen molar-refractivity contribution < 1.29 is 9.59 Å². The van der Waals surface area contributed by atoms with Gasteiger partial charge in [0.05, 0.1) is 5.69 Å². The molecule has 0 atom stereocenters. The molecule has 4 rings (SSSR count). The average molecular weight is 362 g/mol. The number of H-pyrrole nitrogens is 1. The highest BCUT2D eigenvalue weighted by Crippen LogP contribution is 2.22. The molecule has 1 saturated heterocycles. The zero-order valence-electron chi connectivity index (χ0n) is 15.1. The maximum Gasteiger partial charge on any atom is 0.269 e. The first-order chi connectivity index (χ1) is 13.2. The molecule has 1 aromatic carbocycles. The molecule has 0 saturated carbocycles. The number of carbonyl (C=O) groups is 2. The lowest BCUT2D eigenvalue weighted by Crippen LogP contribution is -2.31. The number of carbonyl (C=O) groups excluding carboxylic acids is 2. The van der Waals surface area contributed by atoms with Gasteiger partial charge < -0.3 is 15.2 Å². The number of likely N-dealkylation sites (tertiary alicyclic amines) is 1. The van der Waals surface area contributed by atoms with Crippen LogP contribution in [-0.4, -0.2) is 46.3 Å². The van der Waals surface area contributed by atoms with Gasteiger partial charge in [0.15, 0.2) is 0 Å². The molecule has 1 aliphatic heterocycles. The Morgan fingerprint density at radius 3 is 3.00 bits per heavy atom. The smallest absolute Gasteiger partial charge is 0.269 e. The Morgan fingerprint density at radius 1 is 1.22 bits per heavy atom. The molecule has 2 amide bonds. The molecule has 3 heterocycles. The summed E-state index contributed by atoms with van der Waals surface area (Å²) >= 11 is 0. The molecule has 0 radical (unpaired) electrons. The minimum Gasteiger partial charge on any atom is -0.361 e. The third kappa shape index (κ3) is 3.84. The molecule has 138 valence electrons. The van der Waals surface area contributed by atoms with Crippen LogP contribution in [0.3, 0.4) is 0 Å². The minimum atomic E-state index is -0.188. The van der Waals surface area contributed by atoms with Crippen molar-refractivity contribution in [3.05, 3.63) is 54.4 Å². The number of rotatable bonds is 6. The molecule has 2 aromatic heterocycles. The lowest BCUT2D eigenvalue weighted by atomic mass is 10.1. The Balaban J connectivity index is 1.37. The number of pyridine rings is 1. The molecule has 0 unspecified atom stereocenters. The first-order valence-electron chi connectivity index (χ1n) is 9.31. The van der Waals surface area contributed by atoms with E-state index in [-0.39, 0.29) is 11.8 Å². The summed E-state index contributed by atoms with van der Waals surface area (Å²) in [6, 6.07) is 13.6. The van der Waals surface area contributed by atoms with Crippen LogP contribution in [0.15, 0.2) is 48.7 Å². The summed E-state index contributed by atoms with van der Waals surface area (Å²) in [6.07, 6.45) is 4.25. The molecule has 2 N–H and O–H groups in total. The summed E-state index contributed by atoms with van der Waals surface area (Å²) in [6.45, 7) is 2.06. The normalized spacial score (nSPS) is 14.1. The number of fused-ring (bicyclic) bond motifs is 1. The lowest BCUT2D eigenvalue weighted by Gasteiger charge is -2.15. The molecule has 1 aliphatic rings. The number of benzene rings is 1. The van der Waals surface area contributed by atoms with Crippen molar-refractivity contribution in [3.63, 3.8) is 0 Å². The fourth-order valence-corrected chi connectivity index (χ4v) is 3.44. The molecule has 0 bridgehead atoms. The van der Waals surface area contributed by atoms with E-state index in [4.69, 9.17) is 0 Å². The SMILES string of the molecule is O=C(NCCCN1CCCC1=O)c1cccc(-c2ccc3[nH]ccc3c2)n1. The number of aromatic amines is 1. The van der Waals surface area contributed by atoms with Gasteiger partial charge >= 0.3 is 0 Å². The maximum absolute atomic E-state index is 12.4. The third-order valence-corrected chi connectivity index (χ3v) is 4.89. The summed E-state index contributed by atoms with van der Waals surface area (Å²) in [5, 5.41) is 4.01. The number of nitrogens with zero attached hydrogens (tertiary/aromatic N) is 2. The van der Waals surface area contributed by atoms with E-state index in [1.165, 1.54) is 0 Å². The Morgan fingerprint density at radius 2 is 2.15 bits per heavy atom. The highest BCUT2D eigenvalue weighted by molar-refractivity contribution is 5.93.